The van der Waals surface area contributed by atoms with Gasteiger partial charge >= 0.3 is 0 Å². The maximum Gasteiger partial charge on any atom is 0.255 e. The highest BCUT2D eigenvalue weighted by atomic mass is 16.5. The summed E-state index contributed by atoms with van der Waals surface area (Å²) in [5, 5.41) is 13.3. The highest BCUT2D eigenvalue weighted by Gasteiger charge is 2.33. The van der Waals surface area contributed by atoms with Crippen molar-refractivity contribution in [3.63, 3.8) is 0 Å². The van der Waals surface area contributed by atoms with Gasteiger partial charge in [-0.1, -0.05) is 6.07 Å². The Kier molecular flexibility index (Phi) is 3.75. The maximum absolute atomic E-state index is 12.4. The molecule has 6 heteroatoms. The van der Waals surface area contributed by atoms with E-state index in [0.717, 1.165) is 12.0 Å². The number of phenolic OH excluding ortho intramolecular Hbond substituents is 1. The minimum atomic E-state index is -0.358. The predicted octanol–water partition coefficient (Wildman–Crippen LogP) is 2.12. The quantitative estimate of drug-likeness (QED) is 0.906. The molecular formula is C17H21N3O3. The Morgan fingerprint density at radius 3 is 3.00 bits per heavy atom. The number of ether oxygens (including phenoxy) is 1. The van der Waals surface area contributed by atoms with Crippen LogP contribution in [0.3, 0.4) is 0 Å². The van der Waals surface area contributed by atoms with Crippen molar-refractivity contribution in [2.75, 3.05) is 0 Å². The van der Waals surface area contributed by atoms with Crippen LogP contribution in [0.25, 0.3) is 0 Å². The van der Waals surface area contributed by atoms with Crippen molar-refractivity contribution in [3.05, 3.63) is 42.0 Å². The van der Waals surface area contributed by atoms with Gasteiger partial charge in [0.15, 0.2) is 11.5 Å². The van der Waals surface area contributed by atoms with Crippen LogP contribution < -0.4 is 10.1 Å². The number of aromatic hydroxyl groups is 1. The van der Waals surface area contributed by atoms with Gasteiger partial charge in [-0.3, -0.25) is 4.79 Å². The molecule has 1 atom stereocenters. The van der Waals surface area contributed by atoms with Crippen LogP contribution in [-0.4, -0.2) is 32.2 Å². The molecule has 122 valence electrons. The Balaban J connectivity index is 1.73. The lowest BCUT2D eigenvalue weighted by Gasteiger charge is -2.18. The van der Waals surface area contributed by atoms with Crippen molar-refractivity contribution in [2.24, 2.45) is 0 Å². The summed E-state index contributed by atoms with van der Waals surface area (Å²) in [7, 11) is 0. The Morgan fingerprint density at radius 2 is 2.30 bits per heavy atom. The SMILES string of the molecule is CC(Cn1ccnc1)NC(=O)c1ccc2c(c1O)OC(C)(C)C2. The van der Waals surface area contributed by atoms with Gasteiger partial charge in [-0.25, -0.2) is 4.98 Å². The third-order valence-electron chi connectivity index (χ3n) is 3.87. The summed E-state index contributed by atoms with van der Waals surface area (Å²) in [5.74, 6) is 0.0246. The standard InChI is InChI=1S/C17H21N3O3/c1-11(9-20-7-6-18-10-20)19-16(22)13-5-4-12-8-17(2,3)23-15(12)14(13)21/h4-7,10-11,21H,8-9H2,1-3H3,(H,19,22). The number of aromatic nitrogens is 2. The van der Waals surface area contributed by atoms with E-state index in [9.17, 15) is 9.90 Å². The molecule has 1 unspecified atom stereocenters. The Bertz CT molecular complexity index is 723. The van der Waals surface area contributed by atoms with E-state index in [1.807, 2.05) is 37.6 Å². The molecule has 3 rings (SSSR count). The molecule has 0 radical (unpaired) electrons. The smallest absolute Gasteiger partial charge is 0.255 e. The average Bonchev–Trinajstić information content (AvgIpc) is 3.05. The minimum absolute atomic E-state index is 0.0830. The molecule has 0 fully saturated rings. The monoisotopic (exact) mass is 315 g/mol. The van der Waals surface area contributed by atoms with E-state index in [1.54, 1.807) is 18.6 Å². The summed E-state index contributed by atoms with van der Waals surface area (Å²) < 4.78 is 7.65. The maximum atomic E-state index is 12.4. The molecule has 2 N–H and O–H groups in total. The minimum Gasteiger partial charge on any atom is -0.504 e. The Labute approximate surface area is 135 Å². The van der Waals surface area contributed by atoms with Gasteiger partial charge in [-0.2, -0.15) is 0 Å². The lowest BCUT2D eigenvalue weighted by molar-refractivity contribution is 0.0930. The van der Waals surface area contributed by atoms with Crippen LogP contribution in [0.2, 0.25) is 0 Å². The van der Waals surface area contributed by atoms with Gasteiger partial charge in [0.2, 0.25) is 0 Å². The van der Waals surface area contributed by atoms with Gasteiger partial charge in [-0.15, -0.1) is 0 Å². The van der Waals surface area contributed by atoms with E-state index in [1.165, 1.54) is 0 Å². The average molecular weight is 315 g/mol. The molecule has 0 aliphatic carbocycles. The number of carbonyl (C=O) groups excluding carboxylic acids is 1. The molecule has 1 aliphatic heterocycles. The topological polar surface area (TPSA) is 76.4 Å². The zero-order valence-corrected chi connectivity index (χ0v) is 13.5. The van der Waals surface area contributed by atoms with E-state index in [4.69, 9.17) is 4.74 Å². The summed E-state index contributed by atoms with van der Waals surface area (Å²) in [5.41, 5.74) is 0.804. The summed E-state index contributed by atoms with van der Waals surface area (Å²) in [6.07, 6.45) is 5.95. The van der Waals surface area contributed by atoms with Gasteiger partial charge in [0.05, 0.1) is 11.9 Å². The Morgan fingerprint density at radius 1 is 1.52 bits per heavy atom. The largest absolute Gasteiger partial charge is 0.504 e. The molecule has 2 heterocycles. The first-order chi connectivity index (χ1) is 10.9. The number of amides is 1. The van der Waals surface area contributed by atoms with Crippen LogP contribution in [0.4, 0.5) is 0 Å². The van der Waals surface area contributed by atoms with Crippen LogP contribution in [0, 0.1) is 0 Å². The number of imidazole rings is 1. The first kappa shape index (κ1) is 15.4. The highest BCUT2D eigenvalue weighted by molar-refractivity contribution is 5.98. The number of nitrogens with zero attached hydrogens (tertiary/aromatic N) is 2. The molecule has 1 aliphatic rings. The van der Waals surface area contributed by atoms with Gasteiger partial charge < -0.3 is 19.7 Å². The molecule has 23 heavy (non-hydrogen) atoms. The van der Waals surface area contributed by atoms with Crippen molar-refractivity contribution in [1.29, 1.82) is 0 Å². The molecule has 0 saturated heterocycles. The number of rotatable bonds is 4. The number of phenols is 1. The summed E-state index contributed by atoms with van der Waals surface area (Å²) in [4.78, 5) is 16.4. The zero-order chi connectivity index (χ0) is 16.6. The fraction of sp³-hybridized carbons (Fsp3) is 0.412. The lowest BCUT2D eigenvalue weighted by Crippen LogP contribution is -2.35. The first-order valence-corrected chi connectivity index (χ1v) is 7.66. The van der Waals surface area contributed by atoms with E-state index in [-0.39, 0.29) is 28.9 Å². The van der Waals surface area contributed by atoms with Crippen LogP contribution in [0.15, 0.2) is 30.9 Å². The number of hydrogen-bond acceptors (Lipinski definition) is 4. The molecule has 2 aromatic rings. The molecular weight excluding hydrogens is 294 g/mol. The lowest BCUT2D eigenvalue weighted by atomic mass is 10.00. The third kappa shape index (κ3) is 3.16. The van der Waals surface area contributed by atoms with E-state index >= 15 is 0 Å². The van der Waals surface area contributed by atoms with Crippen molar-refractivity contribution in [1.82, 2.24) is 14.9 Å². The number of hydrogen-bond donors (Lipinski definition) is 2. The summed E-state index contributed by atoms with van der Waals surface area (Å²) >= 11 is 0. The number of fused-ring (bicyclic) bond motifs is 1. The van der Waals surface area contributed by atoms with Gasteiger partial charge in [-0.05, 0) is 26.8 Å². The van der Waals surface area contributed by atoms with Gasteiger partial charge in [0.1, 0.15) is 5.60 Å². The Hall–Kier alpha value is -2.50. The van der Waals surface area contributed by atoms with E-state index < -0.39 is 0 Å². The van der Waals surface area contributed by atoms with Gasteiger partial charge in [0.25, 0.3) is 5.91 Å². The third-order valence-corrected chi connectivity index (χ3v) is 3.87. The highest BCUT2D eigenvalue weighted by Crippen LogP contribution is 2.43. The second-order valence-electron chi connectivity index (χ2n) is 6.62. The fourth-order valence-electron chi connectivity index (χ4n) is 2.88. The summed E-state index contributed by atoms with van der Waals surface area (Å²) in [6, 6.07) is 3.40. The fourth-order valence-corrected chi connectivity index (χ4v) is 2.88. The van der Waals surface area contributed by atoms with E-state index in [0.29, 0.717) is 12.3 Å². The number of carbonyl (C=O) groups is 1. The second kappa shape index (κ2) is 5.61. The molecule has 1 amide bonds. The normalized spacial score (nSPS) is 16.5. The van der Waals surface area contributed by atoms with Crippen molar-refractivity contribution in [2.45, 2.75) is 45.4 Å². The zero-order valence-electron chi connectivity index (χ0n) is 13.5. The van der Waals surface area contributed by atoms with Crippen LogP contribution in [-0.2, 0) is 13.0 Å². The molecule has 0 spiro atoms. The second-order valence-corrected chi connectivity index (χ2v) is 6.62. The van der Waals surface area contributed by atoms with Gasteiger partial charge in [0, 0.05) is 37.0 Å². The van der Waals surface area contributed by atoms with Crippen molar-refractivity contribution < 1.29 is 14.6 Å². The van der Waals surface area contributed by atoms with Crippen molar-refractivity contribution in [3.8, 4) is 11.5 Å². The van der Waals surface area contributed by atoms with Crippen LogP contribution >= 0.6 is 0 Å². The summed E-state index contributed by atoms with van der Waals surface area (Å²) in [6.45, 7) is 6.43. The number of nitrogens with one attached hydrogen (secondary N) is 1. The predicted molar refractivity (Wildman–Crippen MR) is 85.7 cm³/mol. The van der Waals surface area contributed by atoms with Crippen LogP contribution in [0.1, 0.15) is 36.7 Å². The van der Waals surface area contributed by atoms with Crippen molar-refractivity contribution >= 4 is 5.91 Å². The number of benzene rings is 1. The molecule has 0 saturated carbocycles. The molecule has 6 nitrogen and oxygen atoms in total. The molecule has 1 aromatic heterocycles. The molecule has 0 bridgehead atoms. The van der Waals surface area contributed by atoms with E-state index in [2.05, 4.69) is 10.3 Å². The first-order valence-electron chi connectivity index (χ1n) is 7.66. The molecule has 1 aromatic carbocycles. The van der Waals surface area contributed by atoms with Crippen LogP contribution in [0.5, 0.6) is 11.5 Å².